The molecule has 1 rings (SSSR count). The average molecular weight is 310 g/mol. The molecule has 1 aromatic carbocycles. The van der Waals surface area contributed by atoms with E-state index >= 15 is 0 Å². The molecule has 0 heterocycles. The van der Waals surface area contributed by atoms with Crippen LogP contribution in [0.4, 0.5) is 4.39 Å². The lowest BCUT2D eigenvalue weighted by Crippen LogP contribution is -2.35. The molecule has 0 amide bonds. The summed E-state index contributed by atoms with van der Waals surface area (Å²) in [7, 11) is -3.93. The fourth-order valence-electron chi connectivity index (χ4n) is 1.43. The van der Waals surface area contributed by atoms with Crippen LogP contribution in [-0.4, -0.2) is 26.2 Å². The van der Waals surface area contributed by atoms with Gasteiger partial charge in [-0.3, -0.25) is 0 Å². The summed E-state index contributed by atoms with van der Waals surface area (Å²) < 4.78 is 39.2. The zero-order valence-corrected chi connectivity index (χ0v) is 12.3. The number of sulfonamides is 1. The van der Waals surface area contributed by atoms with Gasteiger partial charge in [-0.2, -0.15) is 0 Å². The summed E-state index contributed by atoms with van der Waals surface area (Å²) >= 11 is 5.74. The molecule has 0 aliphatic heterocycles. The van der Waals surface area contributed by atoms with Crippen LogP contribution in [0.2, 0.25) is 5.02 Å². The Morgan fingerprint density at radius 1 is 1.47 bits per heavy atom. The fraction of sp³-hybridized carbons (Fsp3) is 0.500. The van der Waals surface area contributed by atoms with Gasteiger partial charge in [0.05, 0.1) is 11.1 Å². The summed E-state index contributed by atoms with van der Waals surface area (Å²) in [4.78, 5) is -0.328. The average Bonchev–Trinajstić information content (AvgIpc) is 2.37. The smallest absolute Gasteiger partial charge is 0.242 e. The summed E-state index contributed by atoms with van der Waals surface area (Å²) in [5.41, 5.74) is 0. The summed E-state index contributed by atoms with van der Waals surface area (Å²) in [6.07, 6.45) is -0.0732. The van der Waals surface area contributed by atoms with Crippen LogP contribution in [0.1, 0.15) is 20.3 Å². The Morgan fingerprint density at radius 3 is 2.68 bits per heavy atom. The van der Waals surface area contributed by atoms with Gasteiger partial charge in [-0.1, -0.05) is 31.9 Å². The molecule has 0 aromatic heterocycles. The van der Waals surface area contributed by atoms with E-state index in [9.17, 15) is 17.9 Å². The van der Waals surface area contributed by atoms with Crippen LogP contribution in [0.3, 0.4) is 0 Å². The molecule has 2 atom stereocenters. The number of hydrogen-bond acceptors (Lipinski definition) is 3. The van der Waals surface area contributed by atoms with Gasteiger partial charge in [0, 0.05) is 6.54 Å². The van der Waals surface area contributed by atoms with Gasteiger partial charge in [0.1, 0.15) is 10.7 Å². The van der Waals surface area contributed by atoms with Gasteiger partial charge in [0.2, 0.25) is 10.0 Å². The minimum atomic E-state index is -3.93. The van der Waals surface area contributed by atoms with E-state index in [0.717, 1.165) is 18.6 Å². The maximum atomic E-state index is 13.1. The normalized spacial score (nSPS) is 15.2. The fourth-order valence-corrected chi connectivity index (χ4v) is 2.99. The monoisotopic (exact) mass is 309 g/mol. The highest BCUT2D eigenvalue weighted by atomic mass is 35.5. The van der Waals surface area contributed by atoms with Gasteiger partial charge in [-0.05, 0) is 24.1 Å². The summed E-state index contributed by atoms with van der Waals surface area (Å²) in [6.45, 7) is 3.57. The molecule has 1 aromatic rings. The van der Waals surface area contributed by atoms with Crippen LogP contribution in [0.15, 0.2) is 23.1 Å². The molecule has 0 bridgehead atoms. The number of hydrogen-bond donors (Lipinski definition) is 2. The van der Waals surface area contributed by atoms with Crippen LogP contribution < -0.4 is 4.72 Å². The lowest BCUT2D eigenvalue weighted by atomic mass is 10.0. The van der Waals surface area contributed by atoms with E-state index < -0.39 is 21.9 Å². The first-order chi connectivity index (χ1) is 8.77. The number of halogens is 2. The quantitative estimate of drug-likeness (QED) is 0.846. The van der Waals surface area contributed by atoms with Crippen LogP contribution in [-0.2, 0) is 10.0 Å². The summed E-state index contributed by atoms with van der Waals surface area (Å²) in [6, 6.07) is 3.10. The number of nitrogens with one attached hydrogen (secondary N) is 1. The van der Waals surface area contributed by atoms with E-state index in [-0.39, 0.29) is 22.4 Å². The standard InChI is InChI=1S/C12H17ClFNO3S/c1-3-8(2)11(16)7-15-19(17,18)12-6-9(14)4-5-10(12)13/h4-6,8,11,15-16H,3,7H2,1-2H3. The minimum Gasteiger partial charge on any atom is -0.391 e. The summed E-state index contributed by atoms with van der Waals surface area (Å²) in [5, 5.41) is 9.65. The Bertz CT molecular complexity index is 536. The second kappa shape index (κ2) is 6.65. The summed E-state index contributed by atoms with van der Waals surface area (Å²) in [5.74, 6) is -0.724. The highest BCUT2D eigenvalue weighted by molar-refractivity contribution is 7.89. The Kier molecular flexibility index (Phi) is 5.73. The molecule has 108 valence electrons. The van der Waals surface area contributed by atoms with Crippen molar-refractivity contribution in [2.45, 2.75) is 31.3 Å². The van der Waals surface area contributed by atoms with E-state index in [4.69, 9.17) is 11.6 Å². The Balaban J connectivity index is 2.85. The number of aliphatic hydroxyl groups is 1. The Labute approximate surface area is 117 Å². The van der Waals surface area contributed by atoms with Gasteiger partial charge in [-0.15, -0.1) is 0 Å². The topological polar surface area (TPSA) is 66.4 Å². The number of rotatable bonds is 6. The molecular weight excluding hydrogens is 293 g/mol. The van der Waals surface area contributed by atoms with Gasteiger partial charge in [0.25, 0.3) is 0 Å². The SMILES string of the molecule is CCC(C)C(O)CNS(=O)(=O)c1cc(F)ccc1Cl. The van der Waals surface area contributed by atoms with Crippen LogP contribution in [0.5, 0.6) is 0 Å². The molecule has 0 spiro atoms. The molecule has 4 nitrogen and oxygen atoms in total. The van der Waals surface area contributed by atoms with E-state index in [1.54, 1.807) is 0 Å². The van der Waals surface area contributed by atoms with Crippen molar-refractivity contribution in [1.82, 2.24) is 4.72 Å². The molecule has 0 aliphatic rings. The molecule has 19 heavy (non-hydrogen) atoms. The van der Waals surface area contributed by atoms with Crippen molar-refractivity contribution in [2.75, 3.05) is 6.54 Å². The predicted molar refractivity (Wildman–Crippen MR) is 72.1 cm³/mol. The molecule has 0 saturated heterocycles. The highest BCUT2D eigenvalue weighted by Crippen LogP contribution is 2.22. The van der Waals surface area contributed by atoms with Crippen molar-refractivity contribution in [2.24, 2.45) is 5.92 Å². The zero-order valence-electron chi connectivity index (χ0n) is 10.7. The predicted octanol–water partition coefficient (Wildman–Crippen LogP) is 2.16. The van der Waals surface area contributed by atoms with Gasteiger partial charge < -0.3 is 5.11 Å². The van der Waals surface area contributed by atoms with Crippen molar-refractivity contribution in [3.8, 4) is 0 Å². The second-order valence-corrected chi connectivity index (χ2v) is 6.52. The Morgan fingerprint density at radius 2 is 2.11 bits per heavy atom. The van der Waals surface area contributed by atoms with Crippen molar-refractivity contribution in [1.29, 1.82) is 0 Å². The van der Waals surface area contributed by atoms with E-state index in [0.29, 0.717) is 0 Å². The van der Waals surface area contributed by atoms with Crippen molar-refractivity contribution < 1.29 is 17.9 Å². The minimum absolute atomic E-state index is 0.0364. The molecule has 2 unspecified atom stereocenters. The molecule has 0 aliphatic carbocycles. The largest absolute Gasteiger partial charge is 0.391 e. The second-order valence-electron chi connectivity index (χ2n) is 4.38. The Hall–Kier alpha value is -0.690. The molecular formula is C12H17ClFNO3S. The first-order valence-electron chi connectivity index (χ1n) is 5.90. The molecule has 0 radical (unpaired) electrons. The highest BCUT2D eigenvalue weighted by Gasteiger charge is 2.21. The van der Waals surface area contributed by atoms with Gasteiger partial charge in [0.15, 0.2) is 0 Å². The third-order valence-corrected chi connectivity index (χ3v) is 4.87. The first-order valence-corrected chi connectivity index (χ1v) is 7.76. The maximum absolute atomic E-state index is 13.1. The lowest BCUT2D eigenvalue weighted by molar-refractivity contribution is 0.118. The molecule has 0 saturated carbocycles. The number of benzene rings is 1. The third kappa shape index (κ3) is 4.42. The number of aliphatic hydroxyl groups excluding tert-OH is 1. The molecule has 7 heteroatoms. The maximum Gasteiger partial charge on any atom is 0.242 e. The van der Waals surface area contributed by atoms with Gasteiger partial charge in [-0.25, -0.2) is 17.5 Å². The van der Waals surface area contributed by atoms with E-state index in [2.05, 4.69) is 4.72 Å². The molecule has 0 fully saturated rings. The molecule has 2 N–H and O–H groups in total. The van der Waals surface area contributed by atoms with Crippen molar-refractivity contribution in [3.63, 3.8) is 0 Å². The zero-order chi connectivity index (χ0) is 14.6. The van der Waals surface area contributed by atoms with Crippen molar-refractivity contribution >= 4 is 21.6 Å². The van der Waals surface area contributed by atoms with Crippen LogP contribution >= 0.6 is 11.6 Å². The van der Waals surface area contributed by atoms with Crippen molar-refractivity contribution in [3.05, 3.63) is 29.0 Å². The third-order valence-electron chi connectivity index (χ3n) is 2.97. The van der Waals surface area contributed by atoms with E-state index in [1.165, 1.54) is 6.07 Å². The lowest BCUT2D eigenvalue weighted by Gasteiger charge is -2.17. The van der Waals surface area contributed by atoms with E-state index in [1.807, 2.05) is 13.8 Å². The van der Waals surface area contributed by atoms with Gasteiger partial charge >= 0.3 is 0 Å². The van der Waals surface area contributed by atoms with Crippen LogP contribution in [0.25, 0.3) is 0 Å². The first kappa shape index (κ1) is 16.4. The van der Waals surface area contributed by atoms with Crippen LogP contribution in [0, 0.1) is 11.7 Å².